The lowest BCUT2D eigenvalue weighted by Gasteiger charge is -2.04. The zero-order valence-corrected chi connectivity index (χ0v) is 12.4. The van der Waals surface area contributed by atoms with Crippen molar-refractivity contribution in [2.24, 2.45) is 0 Å². The number of ketones is 1. The molecule has 2 rings (SSSR count). The average Bonchev–Trinajstić information content (AvgIpc) is 2.55. The van der Waals surface area contributed by atoms with Gasteiger partial charge in [0.15, 0.2) is 5.78 Å². The number of rotatable bonds is 7. The van der Waals surface area contributed by atoms with Gasteiger partial charge in [-0.3, -0.25) is 4.79 Å². The Morgan fingerprint density at radius 3 is 2.43 bits per heavy atom. The van der Waals surface area contributed by atoms with Crippen LogP contribution in [0.2, 0.25) is 0 Å². The highest BCUT2D eigenvalue weighted by Gasteiger charge is 1.99. The molecule has 0 aliphatic heterocycles. The smallest absolute Gasteiger partial charge is 0.185 e. The van der Waals surface area contributed by atoms with E-state index in [1.807, 2.05) is 42.5 Å². The van der Waals surface area contributed by atoms with E-state index < -0.39 is 0 Å². The van der Waals surface area contributed by atoms with Crippen molar-refractivity contribution in [2.75, 3.05) is 12.5 Å². The third-order valence-electron chi connectivity index (χ3n) is 2.91. The molecule has 2 aromatic carbocycles. The minimum atomic E-state index is -0.00182. The summed E-state index contributed by atoms with van der Waals surface area (Å²) < 4.78 is 5.52. The standard InChI is InChI=1S/C18H17ClO2/c19-13-4-14-21-17-10-7-15(8-11-17)9-12-18(20)16-5-2-1-3-6-16/h1-3,5-12H,4,13-14H2/b12-9+. The molecule has 21 heavy (non-hydrogen) atoms. The molecule has 0 unspecified atom stereocenters. The second-order valence-electron chi connectivity index (χ2n) is 4.52. The third-order valence-corrected chi connectivity index (χ3v) is 3.18. The molecule has 2 nitrogen and oxygen atoms in total. The zero-order chi connectivity index (χ0) is 14.9. The normalized spacial score (nSPS) is 10.7. The van der Waals surface area contributed by atoms with E-state index in [4.69, 9.17) is 16.3 Å². The first-order valence-electron chi connectivity index (χ1n) is 6.86. The third kappa shape index (κ3) is 5.09. The summed E-state index contributed by atoms with van der Waals surface area (Å²) in [4.78, 5) is 11.9. The second kappa shape index (κ2) is 8.28. The summed E-state index contributed by atoms with van der Waals surface area (Å²) >= 11 is 5.59. The lowest BCUT2D eigenvalue weighted by atomic mass is 10.1. The van der Waals surface area contributed by atoms with Gasteiger partial charge < -0.3 is 4.74 Å². The van der Waals surface area contributed by atoms with Gasteiger partial charge in [0.1, 0.15) is 5.75 Å². The quantitative estimate of drug-likeness (QED) is 0.323. The van der Waals surface area contributed by atoms with E-state index in [0.717, 1.165) is 17.7 Å². The Hall–Kier alpha value is -2.06. The van der Waals surface area contributed by atoms with Crippen LogP contribution in [0.4, 0.5) is 0 Å². The van der Waals surface area contributed by atoms with Crippen LogP contribution in [-0.2, 0) is 0 Å². The number of alkyl halides is 1. The van der Waals surface area contributed by atoms with Crippen molar-refractivity contribution in [3.63, 3.8) is 0 Å². The van der Waals surface area contributed by atoms with Gasteiger partial charge in [-0.2, -0.15) is 0 Å². The van der Waals surface area contributed by atoms with Crippen LogP contribution in [0.3, 0.4) is 0 Å². The van der Waals surface area contributed by atoms with E-state index in [1.54, 1.807) is 24.3 Å². The predicted molar refractivity (Wildman–Crippen MR) is 87.1 cm³/mol. The molecule has 3 heteroatoms. The fraction of sp³-hybridized carbons (Fsp3) is 0.167. The van der Waals surface area contributed by atoms with Crippen LogP contribution in [0.25, 0.3) is 6.08 Å². The molecule has 2 aromatic rings. The van der Waals surface area contributed by atoms with Gasteiger partial charge in [0.2, 0.25) is 0 Å². The van der Waals surface area contributed by atoms with E-state index in [1.165, 1.54) is 0 Å². The van der Waals surface area contributed by atoms with Gasteiger partial charge in [-0.15, -0.1) is 11.6 Å². The van der Waals surface area contributed by atoms with Gasteiger partial charge in [-0.05, 0) is 30.2 Å². The van der Waals surface area contributed by atoms with Crippen LogP contribution in [0, 0.1) is 0 Å². The molecule has 0 N–H and O–H groups in total. The molecule has 108 valence electrons. The Bertz CT molecular complexity index is 588. The zero-order valence-electron chi connectivity index (χ0n) is 11.7. The molecule has 0 amide bonds. The highest BCUT2D eigenvalue weighted by atomic mass is 35.5. The number of hydrogen-bond donors (Lipinski definition) is 0. The number of allylic oxidation sites excluding steroid dienone is 1. The SMILES string of the molecule is O=C(/C=C/c1ccc(OCCCCl)cc1)c1ccccc1. The molecular weight excluding hydrogens is 284 g/mol. The summed E-state index contributed by atoms with van der Waals surface area (Å²) in [6.07, 6.45) is 4.21. The van der Waals surface area contributed by atoms with Crippen LogP contribution >= 0.6 is 11.6 Å². The Labute approximate surface area is 130 Å². The first-order valence-corrected chi connectivity index (χ1v) is 7.39. The summed E-state index contributed by atoms with van der Waals surface area (Å²) in [7, 11) is 0. The molecule has 0 saturated heterocycles. The maximum absolute atomic E-state index is 11.9. The van der Waals surface area contributed by atoms with Crippen molar-refractivity contribution < 1.29 is 9.53 Å². The first-order chi connectivity index (χ1) is 10.3. The van der Waals surface area contributed by atoms with E-state index in [2.05, 4.69) is 0 Å². The molecule has 0 aliphatic carbocycles. The van der Waals surface area contributed by atoms with E-state index in [9.17, 15) is 4.79 Å². The van der Waals surface area contributed by atoms with Crippen molar-refractivity contribution in [1.82, 2.24) is 0 Å². The van der Waals surface area contributed by atoms with E-state index in [-0.39, 0.29) is 5.78 Å². The summed E-state index contributed by atoms with van der Waals surface area (Å²) in [6, 6.07) is 16.8. The van der Waals surface area contributed by atoms with Crippen LogP contribution in [-0.4, -0.2) is 18.3 Å². The minimum Gasteiger partial charge on any atom is -0.494 e. The molecule has 0 aliphatic rings. The number of halogens is 1. The minimum absolute atomic E-state index is 0.00182. The van der Waals surface area contributed by atoms with Crippen LogP contribution in [0.1, 0.15) is 22.3 Å². The van der Waals surface area contributed by atoms with Crippen molar-refractivity contribution in [3.05, 3.63) is 71.8 Å². The fourth-order valence-corrected chi connectivity index (χ4v) is 1.90. The second-order valence-corrected chi connectivity index (χ2v) is 4.90. The summed E-state index contributed by atoms with van der Waals surface area (Å²) in [5, 5.41) is 0. The Morgan fingerprint density at radius 2 is 1.76 bits per heavy atom. The molecule has 0 radical (unpaired) electrons. The first kappa shape index (κ1) is 15.3. The molecule has 0 spiro atoms. The van der Waals surface area contributed by atoms with Crippen molar-refractivity contribution >= 4 is 23.5 Å². The van der Waals surface area contributed by atoms with E-state index in [0.29, 0.717) is 18.1 Å². The van der Waals surface area contributed by atoms with Crippen LogP contribution in [0.5, 0.6) is 5.75 Å². The number of ether oxygens (including phenoxy) is 1. The molecule has 0 heterocycles. The number of benzene rings is 2. The summed E-state index contributed by atoms with van der Waals surface area (Å²) in [5.74, 6) is 1.41. The van der Waals surface area contributed by atoms with Crippen molar-refractivity contribution in [2.45, 2.75) is 6.42 Å². The molecule has 0 bridgehead atoms. The van der Waals surface area contributed by atoms with Crippen molar-refractivity contribution in [1.29, 1.82) is 0 Å². The van der Waals surface area contributed by atoms with Gasteiger partial charge in [0.05, 0.1) is 6.61 Å². The Kier molecular flexibility index (Phi) is 6.04. The monoisotopic (exact) mass is 300 g/mol. The highest BCUT2D eigenvalue weighted by molar-refractivity contribution is 6.17. The number of hydrogen-bond acceptors (Lipinski definition) is 2. The number of carbonyl (C=O) groups excluding carboxylic acids is 1. The predicted octanol–water partition coefficient (Wildman–Crippen LogP) is 4.59. The lowest BCUT2D eigenvalue weighted by Crippen LogP contribution is -1.97. The topological polar surface area (TPSA) is 26.3 Å². The number of carbonyl (C=O) groups is 1. The maximum Gasteiger partial charge on any atom is 0.185 e. The average molecular weight is 301 g/mol. The molecular formula is C18H17ClO2. The Morgan fingerprint density at radius 1 is 1.05 bits per heavy atom. The molecule has 0 aromatic heterocycles. The van der Waals surface area contributed by atoms with Crippen LogP contribution in [0.15, 0.2) is 60.7 Å². The largest absolute Gasteiger partial charge is 0.494 e. The van der Waals surface area contributed by atoms with Gasteiger partial charge >= 0.3 is 0 Å². The lowest BCUT2D eigenvalue weighted by molar-refractivity contribution is 0.104. The fourth-order valence-electron chi connectivity index (χ4n) is 1.79. The van der Waals surface area contributed by atoms with Gasteiger partial charge in [0.25, 0.3) is 0 Å². The van der Waals surface area contributed by atoms with Gasteiger partial charge in [-0.25, -0.2) is 0 Å². The highest BCUT2D eigenvalue weighted by Crippen LogP contribution is 2.14. The van der Waals surface area contributed by atoms with Crippen molar-refractivity contribution in [3.8, 4) is 5.75 Å². The van der Waals surface area contributed by atoms with Crippen LogP contribution < -0.4 is 4.74 Å². The van der Waals surface area contributed by atoms with E-state index >= 15 is 0 Å². The molecule has 0 fully saturated rings. The summed E-state index contributed by atoms with van der Waals surface area (Å²) in [6.45, 7) is 0.616. The summed E-state index contributed by atoms with van der Waals surface area (Å²) in [5.41, 5.74) is 1.65. The maximum atomic E-state index is 11.9. The Balaban J connectivity index is 1.93. The molecule has 0 saturated carbocycles. The molecule has 0 atom stereocenters. The van der Waals surface area contributed by atoms with Gasteiger partial charge in [-0.1, -0.05) is 48.5 Å². The van der Waals surface area contributed by atoms with Gasteiger partial charge in [0, 0.05) is 11.4 Å².